The highest BCUT2D eigenvalue weighted by atomic mass is 16.5. The van der Waals surface area contributed by atoms with Crippen molar-refractivity contribution in [2.24, 2.45) is 0 Å². The van der Waals surface area contributed by atoms with E-state index in [9.17, 15) is 15.0 Å². The minimum absolute atomic E-state index is 0.0610. The highest BCUT2D eigenvalue weighted by Gasteiger charge is 2.31. The number of nitriles is 2. The molecule has 0 spiro atoms. The molecule has 6 nitrogen and oxygen atoms in total. The Hall–Kier alpha value is -2.15. The van der Waals surface area contributed by atoms with E-state index in [1.54, 1.807) is 12.1 Å². The number of hydrogen-bond donors (Lipinski definition) is 2. The van der Waals surface area contributed by atoms with Crippen molar-refractivity contribution in [2.45, 2.75) is 18.6 Å². The Kier molecular flexibility index (Phi) is 4.00. The average Bonchev–Trinajstić information content (AvgIpc) is 2.34. The number of carbonyl (C=O) groups is 1. The summed E-state index contributed by atoms with van der Waals surface area (Å²) in [4.78, 5) is 11.3. The number of carbonyl (C=O) groups excluding carboxylic acids is 1. The normalized spacial score (nSPS) is 23.1. The van der Waals surface area contributed by atoms with Crippen molar-refractivity contribution in [3.05, 3.63) is 22.8 Å². The van der Waals surface area contributed by atoms with Crippen molar-refractivity contribution in [3.63, 3.8) is 0 Å². The van der Waals surface area contributed by atoms with Crippen molar-refractivity contribution in [2.75, 3.05) is 7.11 Å². The minimum atomic E-state index is -1.35. The molecule has 1 aliphatic rings. The fourth-order valence-corrected chi connectivity index (χ4v) is 1.52. The maximum absolute atomic E-state index is 11.3. The fraction of sp³-hybridized carbons (Fsp3) is 0.364. The van der Waals surface area contributed by atoms with Crippen LogP contribution in [-0.2, 0) is 9.53 Å². The van der Waals surface area contributed by atoms with Crippen LogP contribution in [0.3, 0.4) is 0 Å². The van der Waals surface area contributed by atoms with Gasteiger partial charge in [0, 0.05) is 17.6 Å². The van der Waals surface area contributed by atoms with Gasteiger partial charge in [0.15, 0.2) is 0 Å². The van der Waals surface area contributed by atoms with E-state index in [-0.39, 0.29) is 23.1 Å². The lowest BCUT2D eigenvalue weighted by Gasteiger charge is -2.24. The number of methoxy groups -OCH3 is 1. The summed E-state index contributed by atoms with van der Waals surface area (Å²) < 4.78 is 4.48. The Morgan fingerprint density at radius 3 is 2.53 bits per heavy atom. The SMILES string of the molecule is COC(=O)C1=CC(=C(C#N)C#N)[C@@H](O)[C@H](O)C1. The molecule has 17 heavy (non-hydrogen) atoms. The second-order valence-corrected chi connectivity index (χ2v) is 3.43. The van der Waals surface area contributed by atoms with Gasteiger partial charge in [0.25, 0.3) is 0 Å². The third kappa shape index (κ3) is 2.51. The highest BCUT2D eigenvalue weighted by Crippen LogP contribution is 2.26. The van der Waals surface area contributed by atoms with Crippen LogP contribution in [0.2, 0.25) is 0 Å². The monoisotopic (exact) mass is 234 g/mol. The number of ether oxygens (including phenoxy) is 1. The van der Waals surface area contributed by atoms with Gasteiger partial charge in [-0.2, -0.15) is 10.5 Å². The zero-order valence-electron chi connectivity index (χ0n) is 9.04. The fourth-order valence-electron chi connectivity index (χ4n) is 1.52. The summed E-state index contributed by atoms with van der Waals surface area (Å²) in [5.41, 5.74) is -0.282. The van der Waals surface area contributed by atoms with E-state index in [4.69, 9.17) is 10.5 Å². The van der Waals surface area contributed by atoms with Crippen LogP contribution in [0.4, 0.5) is 0 Å². The molecule has 1 rings (SSSR count). The van der Waals surface area contributed by atoms with E-state index in [1.165, 1.54) is 13.2 Å². The molecule has 88 valence electrons. The molecule has 0 aromatic carbocycles. The zero-order chi connectivity index (χ0) is 13.0. The molecular weight excluding hydrogens is 224 g/mol. The van der Waals surface area contributed by atoms with Crippen LogP contribution in [0.1, 0.15) is 6.42 Å². The van der Waals surface area contributed by atoms with Crippen LogP contribution < -0.4 is 0 Å². The molecule has 0 aliphatic heterocycles. The molecule has 0 amide bonds. The van der Waals surface area contributed by atoms with Crippen LogP contribution >= 0.6 is 0 Å². The molecule has 0 saturated heterocycles. The van der Waals surface area contributed by atoms with Gasteiger partial charge in [0.05, 0.1) is 13.2 Å². The van der Waals surface area contributed by atoms with Gasteiger partial charge in [0.1, 0.15) is 23.8 Å². The maximum Gasteiger partial charge on any atom is 0.333 e. The van der Waals surface area contributed by atoms with Crippen molar-refractivity contribution in [3.8, 4) is 12.1 Å². The minimum Gasteiger partial charge on any atom is -0.466 e. The molecule has 0 aromatic rings. The molecule has 0 unspecified atom stereocenters. The summed E-state index contributed by atoms with van der Waals surface area (Å²) >= 11 is 0. The first-order valence-electron chi connectivity index (χ1n) is 4.74. The van der Waals surface area contributed by atoms with Gasteiger partial charge < -0.3 is 14.9 Å². The zero-order valence-corrected chi connectivity index (χ0v) is 9.04. The van der Waals surface area contributed by atoms with Crippen molar-refractivity contribution in [1.29, 1.82) is 10.5 Å². The predicted molar refractivity (Wildman–Crippen MR) is 55.0 cm³/mol. The number of allylic oxidation sites excluding steroid dienone is 1. The molecule has 0 heterocycles. The van der Waals surface area contributed by atoms with Gasteiger partial charge in [-0.3, -0.25) is 0 Å². The van der Waals surface area contributed by atoms with E-state index in [0.717, 1.165) is 0 Å². The number of nitrogens with zero attached hydrogens (tertiary/aromatic N) is 2. The van der Waals surface area contributed by atoms with Gasteiger partial charge >= 0.3 is 5.97 Å². The lowest BCUT2D eigenvalue weighted by molar-refractivity contribution is -0.136. The van der Waals surface area contributed by atoms with E-state index in [1.807, 2.05) is 0 Å². The molecular formula is C11H10N2O4. The third-order valence-corrected chi connectivity index (χ3v) is 2.40. The highest BCUT2D eigenvalue weighted by molar-refractivity contribution is 5.89. The Bertz CT molecular complexity index is 463. The predicted octanol–water partition coefficient (Wildman–Crippen LogP) is -0.445. The second-order valence-electron chi connectivity index (χ2n) is 3.43. The summed E-state index contributed by atoms with van der Waals surface area (Å²) in [7, 11) is 1.18. The summed E-state index contributed by atoms with van der Waals surface area (Å²) in [6.45, 7) is 0. The van der Waals surface area contributed by atoms with Crippen LogP contribution in [0, 0.1) is 22.7 Å². The molecule has 6 heteroatoms. The van der Waals surface area contributed by atoms with Crippen molar-refractivity contribution >= 4 is 5.97 Å². The van der Waals surface area contributed by atoms with Gasteiger partial charge in [0.2, 0.25) is 0 Å². The number of hydrogen-bond acceptors (Lipinski definition) is 6. The van der Waals surface area contributed by atoms with Crippen molar-refractivity contribution < 1.29 is 19.7 Å². The molecule has 1 aliphatic carbocycles. The summed E-state index contributed by atoms with van der Waals surface area (Å²) in [5, 5.41) is 36.6. The Morgan fingerprint density at radius 1 is 1.47 bits per heavy atom. The van der Waals surface area contributed by atoms with Gasteiger partial charge in [-0.1, -0.05) is 0 Å². The van der Waals surface area contributed by atoms with Crippen LogP contribution in [0.5, 0.6) is 0 Å². The Morgan fingerprint density at radius 2 is 2.06 bits per heavy atom. The smallest absolute Gasteiger partial charge is 0.333 e. The summed E-state index contributed by atoms with van der Waals surface area (Å²) in [6, 6.07) is 3.20. The van der Waals surface area contributed by atoms with Gasteiger partial charge in [-0.15, -0.1) is 0 Å². The largest absolute Gasteiger partial charge is 0.466 e. The molecule has 0 saturated carbocycles. The van der Waals surface area contributed by atoms with E-state index in [2.05, 4.69) is 4.74 Å². The van der Waals surface area contributed by atoms with E-state index in [0.29, 0.717) is 0 Å². The van der Waals surface area contributed by atoms with Crippen molar-refractivity contribution in [1.82, 2.24) is 0 Å². The van der Waals surface area contributed by atoms with Crippen LogP contribution in [0.15, 0.2) is 22.8 Å². The lowest BCUT2D eigenvalue weighted by atomic mass is 9.88. The molecule has 2 N–H and O–H groups in total. The van der Waals surface area contributed by atoms with Gasteiger partial charge in [-0.05, 0) is 6.08 Å². The first kappa shape index (κ1) is 12.9. The molecule has 2 atom stereocenters. The summed E-state index contributed by atoms with van der Waals surface area (Å²) in [5.74, 6) is -0.663. The standard InChI is InChI=1S/C11H10N2O4/c1-17-11(16)6-2-8(7(4-12)5-13)10(15)9(14)3-6/h2,9-10,14-15H,3H2,1H3/t9-,10-/m1/s1. The topological polar surface area (TPSA) is 114 Å². The van der Waals surface area contributed by atoms with Gasteiger partial charge in [-0.25, -0.2) is 4.79 Å². The number of aliphatic hydroxyl groups is 2. The Labute approximate surface area is 97.7 Å². The van der Waals surface area contributed by atoms with E-state index >= 15 is 0 Å². The maximum atomic E-state index is 11.3. The molecule has 0 radical (unpaired) electrons. The number of aliphatic hydroxyl groups excluding tert-OH is 2. The number of esters is 1. The first-order valence-corrected chi connectivity index (χ1v) is 4.74. The molecule has 0 aromatic heterocycles. The molecule has 0 bridgehead atoms. The first-order chi connectivity index (χ1) is 8.04. The Balaban J connectivity index is 3.30. The number of rotatable bonds is 1. The lowest BCUT2D eigenvalue weighted by Crippen LogP contribution is -2.33. The third-order valence-electron chi connectivity index (χ3n) is 2.40. The molecule has 0 fully saturated rings. The second kappa shape index (κ2) is 5.26. The van der Waals surface area contributed by atoms with Crippen LogP contribution in [0.25, 0.3) is 0 Å². The van der Waals surface area contributed by atoms with Crippen LogP contribution in [-0.4, -0.2) is 35.5 Å². The summed E-state index contributed by atoms with van der Waals surface area (Å²) in [6.07, 6.45) is -1.45. The average molecular weight is 234 g/mol. The van der Waals surface area contributed by atoms with E-state index < -0.39 is 18.2 Å². The quantitative estimate of drug-likeness (QED) is 0.469.